The highest BCUT2D eigenvalue weighted by Gasteiger charge is 2.21. The maximum absolute atomic E-state index is 13.1. The third-order valence-corrected chi connectivity index (χ3v) is 7.66. The van der Waals surface area contributed by atoms with Crippen LogP contribution in [0.15, 0.2) is 103 Å². The Morgan fingerprint density at radius 1 is 0.767 bits per heavy atom. The number of carbonyl (C=O) groups is 3. The van der Waals surface area contributed by atoms with Crippen molar-refractivity contribution >= 4 is 29.0 Å². The zero-order valence-corrected chi connectivity index (χ0v) is 25.0. The lowest BCUT2D eigenvalue weighted by atomic mass is 9.98. The Labute approximate surface area is 254 Å². The third kappa shape index (κ3) is 8.65. The lowest BCUT2D eigenvalue weighted by molar-refractivity contribution is -0.137. The molecule has 0 fully saturated rings. The molecule has 1 amide bonds. The van der Waals surface area contributed by atoms with Gasteiger partial charge in [-0.15, -0.1) is 0 Å². The van der Waals surface area contributed by atoms with E-state index >= 15 is 0 Å². The molecule has 4 aromatic carbocycles. The molecule has 6 heteroatoms. The van der Waals surface area contributed by atoms with E-state index in [4.69, 9.17) is 0 Å². The van der Waals surface area contributed by atoms with E-state index in [1.165, 1.54) is 19.3 Å². The van der Waals surface area contributed by atoms with Gasteiger partial charge in [0.2, 0.25) is 5.91 Å². The van der Waals surface area contributed by atoms with Gasteiger partial charge in [-0.3, -0.25) is 9.59 Å². The van der Waals surface area contributed by atoms with E-state index in [-0.39, 0.29) is 18.1 Å². The van der Waals surface area contributed by atoms with Crippen LogP contribution in [0.4, 0.5) is 11.4 Å². The molecular weight excluding hydrogens is 536 g/mol. The van der Waals surface area contributed by atoms with Crippen molar-refractivity contribution in [2.45, 2.75) is 57.9 Å². The molecule has 222 valence electrons. The lowest BCUT2D eigenvalue weighted by Crippen LogP contribution is -2.32. The number of unbranched alkanes of at least 4 members (excludes halogenated alkanes) is 4. The average Bonchev–Trinajstić information content (AvgIpc) is 3.04. The quantitative estimate of drug-likeness (QED) is 0.111. The van der Waals surface area contributed by atoms with Gasteiger partial charge < -0.3 is 15.3 Å². The summed E-state index contributed by atoms with van der Waals surface area (Å²) in [5.41, 5.74) is 5.10. The van der Waals surface area contributed by atoms with Crippen molar-refractivity contribution in [3.05, 3.63) is 120 Å². The van der Waals surface area contributed by atoms with Crippen molar-refractivity contribution in [3.63, 3.8) is 0 Å². The Balaban J connectivity index is 1.43. The summed E-state index contributed by atoms with van der Waals surface area (Å²) in [5, 5.41) is 13.1. The number of nitrogens with one attached hydrogen (secondary N) is 1. The maximum atomic E-state index is 13.1. The number of rotatable bonds is 15. The number of carboxylic acid groups (broad SMARTS) is 1. The molecule has 43 heavy (non-hydrogen) atoms. The summed E-state index contributed by atoms with van der Waals surface area (Å²) in [5.74, 6) is -1.06. The second-order valence-electron chi connectivity index (χ2n) is 10.8. The SMILES string of the molecule is CCCCCCCC(=O)N(C)c1cccc(-c2ccc(C[C@H](Nc3ccccc3C(=O)c3ccccc3)C(=O)O)cc2)c1. The van der Waals surface area contributed by atoms with Crippen LogP contribution in [0, 0.1) is 0 Å². The maximum Gasteiger partial charge on any atom is 0.326 e. The number of anilines is 2. The standard InChI is InChI=1S/C37H40N2O4/c1-3-4-5-6-10-20-35(40)39(2)31-17-13-16-30(26-31)28-23-21-27(22-24-28)25-34(37(42)43)38-33-19-12-11-18-32(33)36(41)29-14-8-7-9-15-29/h7-9,11-19,21-24,26,34,38H,3-6,10,20,25H2,1-2H3,(H,42,43)/t34-/m0/s1. The highest BCUT2D eigenvalue weighted by atomic mass is 16.4. The molecule has 0 aliphatic rings. The number of ketones is 1. The summed E-state index contributed by atoms with van der Waals surface area (Å²) < 4.78 is 0. The molecule has 0 radical (unpaired) electrons. The molecule has 4 rings (SSSR count). The topological polar surface area (TPSA) is 86.7 Å². The Morgan fingerprint density at radius 3 is 2.19 bits per heavy atom. The Bertz CT molecular complexity index is 1520. The largest absolute Gasteiger partial charge is 0.480 e. The number of para-hydroxylation sites is 1. The first-order chi connectivity index (χ1) is 20.9. The first-order valence-corrected chi connectivity index (χ1v) is 15.0. The average molecular weight is 577 g/mol. The second-order valence-corrected chi connectivity index (χ2v) is 10.8. The van der Waals surface area contributed by atoms with Gasteiger partial charge in [-0.05, 0) is 47.4 Å². The number of hydrogen-bond acceptors (Lipinski definition) is 4. The Hall–Kier alpha value is -4.71. The summed E-state index contributed by atoms with van der Waals surface area (Å²) in [6.07, 6.45) is 6.33. The molecule has 0 heterocycles. The second kappa shape index (κ2) is 15.5. The van der Waals surface area contributed by atoms with Crippen LogP contribution >= 0.6 is 0 Å². The Morgan fingerprint density at radius 2 is 1.47 bits per heavy atom. The molecular formula is C37H40N2O4. The van der Waals surface area contributed by atoms with Crippen LogP contribution in [-0.2, 0) is 16.0 Å². The van der Waals surface area contributed by atoms with E-state index in [2.05, 4.69) is 12.2 Å². The molecule has 0 bridgehead atoms. The van der Waals surface area contributed by atoms with Crippen LogP contribution < -0.4 is 10.2 Å². The van der Waals surface area contributed by atoms with Crippen molar-refractivity contribution in [1.29, 1.82) is 0 Å². The summed E-state index contributed by atoms with van der Waals surface area (Å²) in [6.45, 7) is 2.18. The zero-order chi connectivity index (χ0) is 30.6. The monoisotopic (exact) mass is 576 g/mol. The van der Waals surface area contributed by atoms with Gasteiger partial charge in [-0.25, -0.2) is 4.79 Å². The van der Waals surface area contributed by atoms with Crippen molar-refractivity contribution in [2.24, 2.45) is 0 Å². The molecule has 4 aromatic rings. The normalized spacial score (nSPS) is 11.5. The highest BCUT2D eigenvalue weighted by Crippen LogP contribution is 2.26. The fraction of sp³-hybridized carbons (Fsp3) is 0.270. The van der Waals surface area contributed by atoms with Crippen LogP contribution in [-0.4, -0.2) is 35.9 Å². The predicted octanol–water partition coefficient (Wildman–Crippen LogP) is 8.02. The lowest BCUT2D eigenvalue weighted by Gasteiger charge is -2.19. The van der Waals surface area contributed by atoms with Gasteiger partial charge in [0.05, 0.1) is 0 Å². The molecule has 1 atom stereocenters. The first kappa shape index (κ1) is 31.2. The molecule has 0 spiro atoms. The van der Waals surface area contributed by atoms with Crippen molar-refractivity contribution in [3.8, 4) is 11.1 Å². The molecule has 0 aliphatic heterocycles. The smallest absolute Gasteiger partial charge is 0.326 e. The fourth-order valence-corrected chi connectivity index (χ4v) is 5.09. The van der Waals surface area contributed by atoms with Gasteiger partial charge in [-0.1, -0.05) is 111 Å². The molecule has 0 unspecified atom stereocenters. The number of aliphatic carboxylic acids is 1. The van der Waals surface area contributed by atoms with Gasteiger partial charge in [0.15, 0.2) is 5.78 Å². The van der Waals surface area contributed by atoms with Crippen molar-refractivity contribution < 1.29 is 19.5 Å². The Kier molecular flexibility index (Phi) is 11.3. The van der Waals surface area contributed by atoms with Gasteiger partial charge >= 0.3 is 5.97 Å². The molecule has 0 aromatic heterocycles. The van der Waals surface area contributed by atoms with E-state index in [0.717, 1.165) is 35.2 Å². The summed E-state index contributed by atoms with van der Waals surface area (Å²) >= 11 is 0. The van der Waals surface area contributed by atoms with Gasteiger partial charge in [-0.2, -0.15) is 0 Å². The van der Waals surface area contributed by atoms with Crippen LogP contribution in [0.25, 0.3) is 11.1 Å². The number of carboxylic acids is 1. The number of nitrogens with zero attached hydrogens (tertiary/aromatic N) is 1. The summed E-state index contributed by atoms with van der Waals surface area (Å²) in [6, 6.07) is 30.7. The molecule has 0 aliphatic carbocycles. The van der Waals surface area contributed by atoms with Crippen LogP contribution in [0.2, 0.25) is 0 Å². The number of carbonyl (C=O) groups excluding carboxylic acids is 2. The van der Waals surface area contributed by atoms with Crippen LogP contribution in [0.3, 0.4) is 0 Å². The van der Waals surface area contributed by atoms with Crippen LogP contribution in [0.5, 0.6) is 0 Å². The van der Waals surface area contributed by atoms with Crippen molar-refractivity contribution in [1.82, 2.24) is 0 Å². The molecule has 0 saturated heterocycles. The number of hydrogen-bond donors (Lipinski definition) is 2. The number of amides is 1. The summed E-state index contributed by atoms with van der Waals surface area (Å²) in [7, 11) is 1.82. The minimum absolute atomic E-state index is 0.114. The molecule has 0 saturated carbocycles. The van der Waals surface area contributed by atoms with Gasteiger partial charge in [0.25, 0.3) is 0 Å². The van der Waals surface area contributed by atoms with Gasteiger partial charge in [0, 0.05) is 42.4 Å². The van der Waals surface area contributed by atoms with Crippen LogP contribution in [0.1, 0.15) is 66.9 Å². The van der Waals surface area contributed by atoms with E-state index in [0.29, 0.717) is 23.2 Å². The first-order valence-electron chi connectivity index (χ1n) is 15.0. The van der Waals surface area contributed by atoms with Crippen molar-refractivity contribution in [2.75, 3.05) is 17.3 Å². The third-order valence-electron chi connectivity index (χ3n) is 7.66. The zero-order valence-electron chi connectivity index (χ0n) is 25.0. The van der Waals surface area contributed by atoms with E-state index in [1.54, 1.807) is 53.4 Å². The summed E-state index contributed by atoms with van der Waals surface area (Å²) in [4.78, 5) is 39.8. The molecule has 6 nitrogen and oxygen atoms in total. The fourth-order valence-electron chi connectivity index (χ4n) is 5.09. The van der Waals surface area contributed by atoms with E-state index in [1.807, 2.05) is 61.6 Å². The minimum atomic E-state index is -1.00. The highest BCUT2D eigenvalue weighted by molar-refractivity contribution is 6.12. The van der Waals surface area contributed by atoms with Gasteiger partial charge in [0.1, 0.15) is 6.04 Å². The predicted molar refractivity (Wildman–Crippen MR) is 174 cm³/mol. The van der Waals surface area contributed by atoms with E-state index < -0.39 is 12.0 Å². The number of benzene rings is 4. The minimum Gasteiger partial charge on any atom is -0.480 e. The molecule has 2 N–H and O–H groups in total. The van der Waals surface area contributed by atoms with E-state index in [9.17, 15) is 19.5 Å².